The second kappa shape index (κ2) is 10.7. The van der Waals surface area contributed by atoms with Gasteiger partial charge in [-0.05, 0) is 48.7 Å². The molecule has 0 spiro atoms. The van der Waals surface area contributed by atoms with Crippen molar-refractivity contribution < 1.29 is 14.3 Å². The van der Waals surface area contributed by atoms with Crippen LogP contribution in [0.3, 0.4) is 0 Å². The molecule has 2 rings (SSSR count). The summed E-state index contributed by atoms with van der Waals surface area (Å²) in [5.41, 5.74) is 1.79. The molecule has 1 atom stereocenters. The van der Waals surface area contributed by atoms with Crippen molar-refractivity contribution in [2.75, 3.05) is 13.7 Å². The lowest BCUT2D eigenvalue weighted by Gasteiger charge is -2.29. The van der Waals surface area contributed by atoms with Gasteiger partial charge in [0.1, 0.15) is 11.8 Å². The third-order valence-electron chi connectivity index (χ3n) is 4.50. The van der Waals surface area contributed by atoms with Gasteiger partial charge in [-0.25, -0.2) is 0 Å². The van der Waals surface area contributed by atoms with E-state index in [0.29, 0.717) is 18.1 Å². The first-order valence-corrected chi connectivity index (χ1v) is 9.77. The standard InChI is InChI=1S/C22H27ClN2O3/c1-4-13-24-22(27)16(2)25(15-18-7-11-20(28-3)12-8-18)21(26)14-17-5-9-19(23)10-6-17/h5-12,16H,4,13-15H2,1-3H3,(H,24,27)/t16-/m1/s1. The van der Waals surface area contributed by atoms with Gasteiger partial charge in [0.25, 0.3) is 0 Å². The van der Waals surface area contributed by atoms with Gasteiger partial charge in [-0.3, -0.25) is 9.59 Å². The predicted octanol–water partition coefficient (Wildman–Crippen LogP) is 3.83. The highest BCUT2D eigenvalue weighted by molar-refractivity contribution is 6.30. The van der Waals surface area contributed by atoms with Crippen molar-refractivity contribution in [2.45, 2.75) is 39.3 Å². The fourth-order valence-corrected chi connectivity index (χ4v) is 2.91. The van der Waals surface area contributed by atoms with Gasteiger partial charge in [0.15, 0.2) is 0 Å². The molecule has 0 radical (unpaired) electrons. The highest BCUT2D eigenvalue weighted by atomic mass is 35.5. The van der Waals surface area contributed by atoms with Crippen LogP contribution >= 0.6 is 11.6 Å². The first-order valence-electron chi connectivity index (χ1n) is 9.39. The van der Waals surface area contributed by atoms with E-state index in [1.165, 1.54) is 0 Å². The summed E-state index contributed by atoms with van der Waals surface area (Å²) in [6.07, 6.45) is 1.05. The van der Waals surface area contributed by atoms with Gasteiger partial charge in [-0.1, -0.05) is 42.8 Å². The Hall–Kier alpha value is -2.53. The van der Waals surface area contributed by atoms with Gasteiger partial charge in [0, 0.05) is 18.1 Å². The maximum atomic E-state index is 13.0. The Morgan fingerprint density at radius 2 is 1.68 bits per heavy atom. The number of amides is 2. The topological polar surface area (TPSA) is 58.6 Å². The van der Waals surface area contributed by atoms with Gasteiger partial charge in [-0.15, -0.1) is 0 Å². The maximum Gasteiger partial charge on any atom is 0.242 e. The molecule has 6 heteroatoms. The Balaban J connectivity index is 2.18. The third-order valence-corrected chi connectivity index (χ3v) is 4.75. The molecule has 150 valence electrons. The molecule has 0 aliphatic carbocycles. The minimum absolute atomic E-state index is 0.114. The number of methoxy groups -OCH3 is 1. The summed E-state index contributed by atoms with van der Waals surface area (Å²) < 4.78 is 5.18. The summed E-state index contributed by atoms with van der Waals surface area (Å²) >= 11 is 5.92. The van der Waals surface area contributed by atoms with Crippen LogP contribution in [0, 0.1) is 0 Å². The van der Waals surface area contributed by atoms with Crippen LogP contribution in [0.2, 0.25) is 5.02 Å². The van der Waals surface area contributed by atoms with E-state index in [1.54, 1.807) is 31.1 Å². The third kappa shape index (κ3) is 6.27. The number of carbonyl (C=O) groups excluding carboxylic acids is 2. The number of hydrogen-bond acceptors (Lipinski definition) is 3. The number of halogens is 1. The Labute approximate surface area is 171 Å². The minimum Gasteiger partial charge on any atom is -0.497 e. The van der Waals surface area contributed by atoms with Crippen LogP contribution in [-0.4, -0.2) is 36.4 Å². The van der Waals surface area contributed by atoms with E-state index < -0.39 is 6.04 Å². The highest BCUT2D eigenvalue weighted by Crippen LogP contribution is 2.17. The van der Waals surface area contributed by atoms with E-state index >= 15 is 0 Å². The number of nitrogens with one attached hydrogen (secondary N) is 1. The van der Waals surface area contributed by atoms with Crippen molar-refractivity contribution in [3.05, 3.63) is 64.7 Å². The van der Waals surface area contributed by atoms with Crippen molar-refractivity contribution >= 4 is 23.4 Å². The molecule has 0 bridgehead atoms. The van der Waals surface area contributed by atoms with Crippen molar-refractivity contribution in [1.82, 2.24) is 10.2 Å². The second-order valence-electron chi connectivity index (χ2n) is 6.64. The van der Waals surface area contributed by atoms with Gasteiger partial charge in [-0.2, -0.15) is 0 Å². The molecule has 2 amide bonds. The minimum atomic E-state index is -0.576. The molecular weight excluding hydrogens is 376 g/mol. The lowest BCUT2D eigenvalue weighted by atomic mass is 10.1. The summed E-state index contributed by atoms with van der Waals surface area (Å²) in [4.78, 5) is 27.1. The molecule has 0 fully saturated rings. The highest BCUT2D eigenvalue weighted by Gasteiger charge is 2.26. The van der Waals surface area contributed by atoms with E-state index in [4.69, 9.17) is 16.3 Å². The number of nitrogens with zero attached hydrogens (tertiary/aromatic N) is 1. The fraction of sp³-hybridized carbons (Fsp3) is 0.364. The zero-order valence-electron chi connectivity index (χ0n) is 16.6. The van der Waals surface area contributed by atoms with Crippen LogP contribution in [0.15, 0.2) is 48.5 Å². The SMILES string of the molecule is CCCNC(=O)[C@@H](C)N(Cc1ccc(OC)cc1)C(=O)Cc1ccc(Cl)cc1. The van der Waals surface area contributed by atoms with Gasteiger partial charge >= 0.3 is 0 Å². The first-order chi connectivity index (χ1) is 13.4. The molecule has 0 heterocycles. The Morgan fingerprint density at radius 3 is 2.25 bits per heavy atom. The number of rotatable bonds is 9. The molecule has 5 nitrogen and oxygen atoms in total. The number of ether oxygens (including phenoxy) is 1. The molecule has 0 aromatic heterocycles. The lowest BCUT2D eigenvalue weighted by Crippen LogP contribution is -2.48. The van der Waals surface area contributed by atoms with Crippen LogP contribution in [-0.2, 0) is 22.6 Å². The molecule has 1 N–H and O–H groups in total. The molecule has 28 heavy (non-hydrogen) atoms. The van der Waals surface area contributed by atoms with E-state index in [0.717, 1.165) is 23.3 Å². The Bertz CT molecular complexity index is 775. The van der Waals surface area contributed by atoms with Crippen molar-refractivity contribution in [1.29, 1.82) is 0 Å². The van der Waals surface area contributed by atoms with Gasteiger partial charge in [0.05, 0.1) is 13.5 Å². The van der Waals surface area contributed by atoms with E-state index in [9.17, 15) is 9.59 Å². The fourth-order valence-electron chi connectivity index (χ4n) is 2.78. The molecule has 0 unspecified atom stereocenters. The summed E-state index contributed by atoms with van der Waals surface area (Å²) in [5, 5.41) is 3.50. The van der Waals surface area contributed by atoms with Crippen molar-refractivity contribution in [2.24, 2.45) is 0 Å². The van der Waals surface area contributed by atoms with Crippen molar-refractivity contribution in [3.8, 4) is 5.75 Å². The van der Waals surface area contributed by atoms with Crippen LogP contribution in [0.5, 0.6) is 5.75 Å². The van der Waals surface area contributed by atoms with E-state index in [-0.39, 0.29) is 18.2 Å². The van der Waals surface area contributed by atoms with Crippen LogP contribution in [0.1, 0.15) is 31.4 Å². The average molecular weight is 403 g/mol. The molecule has 0 aliphatic heterocycles. The van der Waals surface area contributed by atoms with Crippen molar-refractivity contribution in [3.63, 3.8) is 0 Å². The molecule has 2 aromatic rings. The zero-order chi connectivity index (χ0) is 20.5. The monoisotopic (exact) mass is 402 g/mol. The summed E-state index contributed by atoms with van der Waals surface area (Å²) in [5.74, 6) is 0.480. The van der Waals surface area contributed by atoms with Gasteiger partial charge in [0.2, 0.25) is 11.8 Å². The number of hydrogen-bond donors (Lipinski definition) is 1. The summed E-state index contributed by atoms with van der Waals surface area (Å²) in [6, 6.07) is 14.1. The predicted molar refractivity (Wildman–Crippen MR) is 111 cm³/mol. The molecule has 0 saturated heterocycles. The second-order valence-corrected chi connectivity index (χ2v) is 7.08. The average Bonchev–Trinajstić information content (AvgIpc) is 2.71. The van der Waals surface area contributed by atoms with Crippen LogP contribution < -0.4 is 10.1 Å². The largest absolute Gasteiger partial charge is 0.497 e. The Kier molecular flexibility index (Phi) is 8.33. The number of benzene rings is 2. The maximum absolute atomic E-state index is 13.0. The molecule has 0 aliphatic rings. The first kappa shape index (κ1) is 21.8. The van der Waals surface area contributed by atoms with E-state index in [2.05, 4.69) is 5.32 Å². The smallest absolute Gasteiger partial charge is 0.242 e. The van der Waals surface area contributed by atoms with Crippen LogP contribution in [0.4, 0.5) is 0 Å². The van der Waals surface area contributed by atoms with Crippen LogP contribution in [0.25, 0.3) is 0 Å². The van der Waals surface area contributed by atoms with Gasteiger partial charge < -0.3 is 15.0 Å². The molecule has 2 aromatic carbocycles. The lowest BCUT2D eigenvalue weighted by molar-refractivity contribution is -0.140. The summed E-state index contributed by atoms with van der Waals surface area (Å²) in [7, 11) is 1.61. The zero-order valence-corrected chi connectivity index (χ0v) is 17.3. The number of carbonyl (C=O) groups is 2. The normalized spacial score (nSPS) is 11.6. The van der Waals surface area contributed by atoms with E-state index in [1.807, 2.05) is 43.3 Å². The quantitative estimate of drug-likeness (QED) is 0.693. The molecular formula is C22H27ClN2O3. The summed E-state index contributed by atoms with van der Waals surface area (Å²) in [6.45, 7) is 4.68. The molecule has 0 saturated carbocycles. The Morgan fingerprint density at radius 1 is 1.07 bits per heavy atom.